The third-order valence-electron chi connectivity index (χ3n) is 4.08. The van der Waals surface area contributed by atoms with Crippen LogP contribution in [-0.2, 0) is 11.3 Å². The van der Waals surface area contributed by atoms with Crippen molar-refractivity contribution in [3.8, 4) is 0 Å². The Balaban J connectivity index is 2.22. The van der Waals surface area contributed by atoms with E-state index in [1.807, 2.05) is 0 Å². The van der Waals surface area contributed by atoms with E-state index in [4.69, 9.17) is 0 Å². The molecule has 1 saturated carbocycles. The molecule has 0 bridgehead atoms. The van der Waals surface area contributed by atoms with Gasteiger partial charge in [0.1, 0.15) is 0 Å². The van der Waals surface area contributed by atoms with Crippen molar-refractivity contribution in [2.45, 2.75) is 58.4 Å². The van der Waals surface area contributed by atoms with E-state index in [0.717, 1.165) is 37.9 Å². The van der Waals surface area contributed by atoms with Gasteiger partial charge in [0.05, 0.1) is 12.0 Å². The van der Waals surface area contributed by atoms with Crippen LogP contribution in [0.3, 0.4) is 0 Å². The third-order valence-corrected chi connectivity index (χ3v) is 4.08. The Morgan fingerprint density at radius 1 is 1.50 bits per heavy atom. The first kappa shape index (κ1) is 13.0. The Hall–Kier alpha value is -1.46. The number of hydrogen-bond donors (Lipinski definition) is 1. The number of carboxylic acid groups (broad SMARTS) is 1. The molecule has 0 saturated heterocycles. The average Bonchev–Trinajstić information content (AvgIpc) is 2.98. The SMILES string of the molecule is CCC(C)c1nnnn1CC1(C(=O)O)CCCC1. The van der Waals surface area contributed by atoms with Gasteiger partial charge in [0, 0.05) is 5.92 Å². The van der Waals surface area contributed by atoms with Crippen molar-refractivity contribution < 1.29 is 9.90 Å². The van der Waals surface area contributed by atoms with Crippen molar-refractivity contribution in [3.05, 3.63) is 5.82 Å². The number of nitrogens with zero attached hydrogens (tertiary/aromatic N) is 4. The van der Waals surface area contributed by atoms with Crippen LogP contribution in [0, 0.1) is 5.41 Å². The van der Waals surface area contributed by atoms with Gasteiger partial charge in [-0.05, 0) is 29.7 Å². The van der Waals surface area contributed by atoms with E-state index >= 15 is 0 Å². The molecule has 1 fully saturated rings. The zero-order valence-electron chi connectivity index (χ0n) is 11.0. The van der Waals surface area contributed by atoms with Gasteiger partial charge in [0.15, 0.2) is 5.82 Å². The molecule has 0 aliphatic heterocycles. The molecule has 0 aromatic carbocycles. The van der Waals surface area contributed by atoms with E-state index in [1.165, 1.54) is 0 Å². The van der Waals surface area contributed by atoms with Crippen LogP contribution in [0.15, 0.2) is 0 Å². The minimum Gasteiger partial charge on any atom is -0.481 e. The molecule has 1 N–H and O–H groups in total. The predicted octanol–water partition coefficient (Wildman–Crippen LogP) is 1.83. The first-order chi connectivity index (χ1) is 8.59. The number of tetrazole rings is 1. The van der Waals surface area contributed by atoms with E-state index in [2.05, 4.69) is 29.4 Å². The van der Waals surface area contributed by atoms with Crippen molar-refractivity contribution in [3.63, 3.8) is 0 Å². The van der Waals surface area contributed by atoms with Crippen LogP contribution in [0.1, 0.15) is 57.7 Å². The van der Waals surface area contributed by atoms with E-state index in [0.29, 0.717) is 6.54 Å². The second kappa shape index (κ2) is 5.04. The van der Waals surface area contributed by atoms with Gasteiger partial charge in [-0.2, -0.15) is 0 Å². The monoisotopic (exact) mass is 252 g/mol. The maximum atomic E-state index is 11.5. The summed E-state index contributed by atoms with van der Waals surface area (Å²) in [5.41, 5.74) is -0.669. The molecule has 6 nitrogen and oxygen atoms in total. The topological polar surface area (TPSA) is 80.9 Å². The Morgan fingerprint density at radius 2 is 2.17 bits per heavy atom. The first-order valence-corrected chi connectivity index (χ1v) is 6.58. The highest BCUT2D eigenvalue weighted by Gasteiger charge is 2.42. The Labute approximate surface area is 106 Å². The van der Waals surface area contributed by atoms with Gasteiger partial charge in [-0.15, -0.1) is 5.10 Å². The minimum absolute atomic E-state index is 0.257. The highest BCUT2D eigenvalue weighted by molar-refractivity contribution is 5.74. The standard InChI is InChI=1S/C12H20N4O2/c1-3-9(2)10-13-14-15-16(10)8-12(11(17)18)6-4-5-7-12/h9H,3-8H2,1-2H3,(H,17,18). The number of aliphatic carboxylic acids is 1. The fourth-order valence-corrected chi connectivity index (χ4v) is 2.64. The molecule has 1 unspecified atom stereocenters. The Kier molecular flexibility index (Phi) is 3.63. The lowest BCUT2D eigenvalue weighted by molar-refractivity contribution is -0.149. The van der Waals surface area contributed by atoms with Gasteiger partial charge in [-0.3, -0.25) is 4.79 Å². The number of carboxylic acids is 1. The summed E-state index contributed by atoms with van der Waals surface area (Å²) in [7, 11) is 0. The molecule has 6 heteroatoms. The van der Waals surface area contributed by atoms with Gasteiger partial charge in [0.2, 0.25) is 0 Å². The second-order valence-corrected chi connectivity index (χ2v) is 5.30. The summed E-state index contributed by atoms with van der Waals surface area (Å²) in [6.45, 7) is 4.53. The summed E-state index contributed by atoms with van der Waals surface area (Å²) >= 11 is 0. The van der Waals surface area contributed by atoms with Gasteiger partial charge in [-0.25, -0.2) is 4.68 Å². The molecule has 1 atom stereocenters. The summed E-state index contributed by atoms with van der Waals surface area (Å²) in [5, 5.41) is 21.2. The molecular formula is C12H20N4O2. The van der Waals surface area contributed by atoms with Crippen molar-refractivity contribution in [1.29, 1.82) is 0 Å². The highest BCUT2D eigenvalue weighted by Crippen LogP contribution is 2.40. The fourth-order valence-electron chi connectivity index (χ4n) is 2.64. The first-order valence-electron chi connectivity index (χ1n) is 6.58. The number of hydrogen-bond acceptors (Lipinski definition) is 4. The number of aromatic nitrogens is 4. The summed E-state index contributed by atoms with van der Waals surface area (Å²) in [5.74, 6) is 0.336. The molecule has 0 spiro atoms. The largest absolute Gasteiger partial charge is 0.481 e. The van der Waals surface area contributed by atoms with E-state index in [9.17, 15) is 9.90 Å². The average molecular weight is 252 g/mol. The van der Waals surface area contributed by atoms with Crippen LogP contribution >= 0.6 is 0 Å². The Bertz CT molecular complexity index is 423. The van der Waals surface area contributed by atoms with Crippen LogP contribution in [0.2, 0.25) is 0 Å². The van der Waals surface area contributed by atoms with Crippen LogP contribution < -0.4 is 0 Å². The van der Waals surface area contributed by atoms with Gasteiger partial charge >= 0.3 is 5.97 Å². The number of rotatable bonds is 5. The molecule has 18 heavy (non-hydrogen) atoms. The molecule has 100 valence electrons. The summed E-state index contributed by atoms with van der Waals surface area (Å²) in [6.07, 6.45) is 4.35. The maximum absolute atomic E-state index is 11.5. The van der Waals surface area contributed by atoms with E-state index in [-0.39, 0.29) is 5.92 Å². The van der Waals surface area contributed by atoms with Gasteiger partial charge < -0.3 is 5.11 Å². The molecule has 1 aliphatic rings. The van der Waals surface area contributed by atoms with Crippen molar-refractivity contribution in [1.82, 2.24) is 20.2 Å². The van der Waals surface area contributed by atoms with Crippen molar-refractivity contribution in [2.75, 3.05) is 0 Å². The quantitative estimate of drug-likeness (QED) is 0.864. The summed E-state index contributed by atoms with van der Waals surface area (Å²) in [4.78, 5) is 11.5. The van der Waals surface area contributed by atoms with Crippen LogP contribution in [0.4, 0.5) is 0 Å². The van der Waals surface area contributed by atoms with E-state index in [1.54, 1.807) is 4.68 Å². The zero-order valence-corrected chi connectivity index (χ0v) is 11.0. The molecule has 2 rings (SSSR count). The predicted molar refractivity (Wildman–Crippen MR) is 65.1 cm³/mol. The van der Waals surface area contributed by atoms with Crippen LogP contribution in [-0.4, -0.2) is 31.3 Å². The van der Waals surface area contributed by atoms with Gasteiger partial charge in [-0.1, -0.05) is 26.7 Å². The van der Waals surface area contributed by atoms with Crippen LogP contribution in [0.25, 0.3) is 0 Å². The normalized spacial score (nSPS) is 19.9. The molecule has 1 heterocycles. The van der Waals surface area contributed by atoms with Gasteiger partial charge in [0.25, 0.3) is 0 Å². The highest BCUT2D eigenvalue weighted by atomic mass is 16.4. The second-order valence-electron chi connectivity index (χ2n) is 5.30. The molecule has 1 aromatic rings. The summed E-state index contributed by atoms with van der Waals surface area (Å²) in [6, 6.07) is 0. The van der Waals surface area contributed by atoms with Crippen molar-refractivity contribution in [2.24, 2.45) is 5.41 Å². The lowest BCUT2D eigenvalue weighted by Crippen LogP contribution is -2.34. The lowest BCUT2D eigenvalue weighted by atomic mass is 9.86. The Morgan fingerprint density at radius 3 is 2.72 bits per heavy atom. The third kappa shape index (κ3) is 2.23. The zero-order chi connectivity index (χ0) is 13.2. The molecule has 0 radical (unpaired) electrons. The van der Waals surface area contributed by atoms with Crippen molar-refractivity contribution >= 4 is 5.97 Å². The summed E-state index contributed by atoms with van der Waals surface area (Å²) < 4.78 is 1.69. The minimum atomic E-state index is -0.717. The molecular weight excluding hydrogens is 232 g/mol. The smallest absolute Gasteiger partial charge is 0.311 e. The number of carbonyl (C=O) groups is 1. The molecule has 0 amide bonds. The molecule has 1 aromatic heterocycles. The fraction of sp³-hybridized carbons (Fsp3) is 0.833. The maximum Gasteiger partial charge on any atom is 0.311 e. The van der Waals surface area contributed by atoms with Crippen LogP contribution in [0.5, 0.6) is 0 Å². The lowest BCUT2D eigenvalue weighted by Gasteiger charge is -2.24. The molecule has 1 aliphatic carbocycles. The van der Waals surface area contributed by atoms with E-state index < -0.39 is 11.4 Å².